The average Bonchev–Trinajstić information content (AvgIpc) is 2.19. The first-order valence-electron chi connectivity index (χ1n) is 4.75. The van der Waals surface area contributed by atoms with Gasteiger partial charge in [0.2, 0.25) is 0 Å². The third-order valence-corrected chi connectivity index (χ3v) is 2.03. The molecule has 0 aromatic carbocycles. The number of hydrogen-bond donors (Lipinski definition) is 1. The van der Waals surface area contributed by atoms with E-state index in [4.69, 9.17) is 4.74 Å². The molecule has 0 unspecified atom stereocenters. The first-order chi connectivity index (χ1) is 6.75. The first-order valence-corrected chi connectivity index (χ1v) is 4.75. The maximum Gasteiger partial charge on any atom is 0.139 e. The predicted molar refractivity (Wildman–Crippen MR) is 59.7 cm³/mol. The Morgan fingerprint density at radius 2 is 2.21 bits per heavy atom. The SMILES string of the molecule is C=C/C=C\C=C1\OCNCC1=C(C)C. The summed E-state index contributed by atoms with van der Waals surface area (Å²) < 4.78 is 5.51. The van der Waals surface area contributed by atoms with Gasteiger partial charge < -0.3 is 4.74 Å². The lowest BCUT2D eigenvalue weighted by atomic mass is 10.1. The van der Waals surface area contributed by atoms with Gasteiger partial charge in [0.1, 0.15) is 12.5 Å². The zero-order chi connectivity index (χ0) is 10.4. The Labute approximate surface area is 85.7 Å². The summed E-state index contributed by atoms with van der Waals surface area (Å²) in [5, 5.41) is 3.17. The van der Waals surface area contributed by atoms with Crippen LogP contribution in [0.2, 0.25) is 0 Å². The molecular formula is C12H17NO. The van der Waals surface area contributed by atoms with Gasteiger partial charge in [0.25, 0.3) is 0 Å². The van der Waals surface area contributed by atoms with E-state index in [2.05, 4.69) is 25.7 Å². The number of nitrogens with one attached hydrogen (secondary N) is 1. The molecule has 0 aromatic heterocycles. The third-order valence-electron chi connectivity index (χ3n) is 2.03. The molecule has 0 spiro atoms. The van der Waals surface area contributed by atoms with E-state index in [1.54, 1.807) is 6.08 Å². The van der Waals surface area contributed by atoms with Crippen LogP contribution >= 0.6 is 0 Å². The Morgan fingerprint density at radius 3 is 2.86 bits per heavy atom. The third kappa shape index (κ3) is 2.89. The van der Waals surface area contributed by atoms with Crippen LogP contribution in [0.1, 0.15) is 13.8 Å². The summed E-state index contributed by atoms with van der Waals surface area (Å²) in [5.41, 5.74) is 2.53. The fraction of sp³-hybridized carbons (Fsp3) is 0.333. The van der Waals surface area contributed by atoms with Crippen molar-refractivity contribution in [3.8, 4) is 0 Å². The molecule has 76 valence electrons. The largest absolute Gasteiger partial charge is 0.478 e. The van der Waals surface area contributed by atoms with Crippen LogP contribution in [-0.4, -0.2) is 13.3 Å². The van der Waals surface area contributed by atoms with Gasteiger partial charge in [-0.05, 0) is 19.9 Å². The number of ether oxygens (including phenoxy) is 1. The van der Waals surface area contributed by atoms with Gasteiger partial charge in [0.05, 0.1) is 0 Å². The van der Waals surface area contributed by atoms with Crippen molar-refractivity contribution in [1.29, 1.82) is 0 Å². The quantitative estimate of drug-likeness (QED) is 0.677. The summed E-state index contributed by atoms with van der Waals surface area (Å²) in [6, 6.07) is 0. The molecule has 14 heavy (non-hydrogen) atoms. The molecule has 0 atom stereocenters. The second-order valence-electron chi connectivity index (χ2n) is 3.35. The molecule has 1 N–H and O–H groups in total. The minimum atomic E-state index is 0.588. The van der Waals surface area contributed by atoms with Crippen molar-refractivity contribution in [3.63, 3.8) is 0 Å². The van der Waals surface area contributed by atoms with Crippen LogP contribution in [0.5, 0.6) is 0 Å². The highest BCUT2D eigenvalue weighted by molar-refractivity contribution is 5.34. The van der Waals surface area contributed by atoms with Crippen LogP contribution < -0.4 is 5.32 Å². The second-order valence-corrected chi connectivity index (χ2v) is 3.35. The number of hydrogen-bond acceptors (Lipinski definition) is 2. The van der Waals surface area contributed by atoms with Crippen molar-refractivity contribution in [2.45, 2.75) is 13.8 Å². The van der Waals surface area contributed by atoms with Gasteiger partial charge >= 0.3 is 0 Å². The molecule has 0 saturated carbocycles. The van der Waals surface area contributed by atoms with Gasteiger partial charge in [0.15, 0.2) is 0 Å². The van der Waals surface area contributed by atoms with Crippen LogP contribution in [-0.2, 0) is 4.74 Å². The van der Waals surface area contributed by atoms with E-state index in [-0.39, 0.29) is 0 Å². The Balaban J connectivity index is 2.83. The Kier molecular flexibility index (Phi) is 4.20. The Bertz CT molecular complexity index is 293. The molecule has 1 aliphatic rings. The zero-order valence-corrected chi connectivity index (χ0v) is 8.84. The minimum absolute atomic E-state index is 0.588. The van der Waals surface area contributed by atoms with Crippen molar-refractivity contribution < 1.29 is 4.74 Å². The van der Waals surface area contributed by atoms with Crippen LogP contribution in [0.4, 0.5) is 0 Å². The van der Waals surface area contributed by atoms with Crippen molar-refractivity contribution >= 4 is 0 Å². The van der Waals surface area contributed by atoms with Gasteiger partial charge in [-0.25, -0.2) is 0 Å². The molecule has 1 heterocycles. The van der Waals surface area contributed by atoms with E-state index in [9.17, 15) is 0 Å². The maximum atomic E-state index is 5.51. The van der Waals surface area contributed by atoms with Gasteiger partial charge in [-0.2, -0.15) is 0 Å². The molecule has 1 aliphatic heterocycles. The molecule has 0 bridgehead atoms. The Hall–Kier alpha value is -1.28. The molecular weight excluding hydrogens is 174 g/mol. The van der Waals surface area contributed by atoms with Crippen LogP contribution in [0, 0.1) is 0 Å². The molecule has 2 heteroatoms. The predicted octanol–water partition coefficient (Wildman–Crippen LogP) is 2.53. The highest BCUT2D eigenvalue weighted by Gasteiger charge is 2.12. The summed E-state index contributed by atoms with van der Waals surface area (Å²) in [7, 11) is 0. The van der Waals surface area contributed by atoms with E-state index >= 15 is 0 Å². The number of rotatable bonds is 2. The van der Waals surface area contributed by atoms with E-state index in [0.717, 1.165) is 12.3 Å². The van der Waals surface area contributed by atoms with E-state index < -0.39 is 0 Å². The van der Waals surface area contributed by atoms with Gasteiger partial charge in [-0.1, -0.05) is 30.4 Å². The molecule has 1 fully saturated rings. The van der Waals surface area contributed by atoms with E-state index in [1.807, 2.05) is 18.2 Å². The smallest absolute Gasteiger partial charge is 0.139 e. The lowest BCUT2D eigenvalue weighted by Crippen LogP contribution is -2.28. The highest BCUT2D eigenvalue weighted by Crippen LogP contribution is 2.18. The summed E-state index contributed by atoms with van der Waals surface area (Å²) in [6.45, 7) is 9.28. The van der Waals surface area contributed by atoms with Gasteiger partial charge in [-0.3, -0.25) is 5.32 Å². The van der Waals surface area contributed by atoms with Gasteiger partial charge in [0, 0.05) is 12.1 Å². The monoisotopic (exact) mass is 191 g/mol. The van der Waals surface area contributed by atoms with Crippen LogP contribution in [0.3, 0.4) is 0 Å². The van der Waals surface area contributed by atoms with E-state index in [0.29, 0.717) is 6.73 Å². The molecule has 0 aliphatic carbocycles. The standard InChI is InChI=1S/C12H17NO/c1-4-5-6-7-12-11(10(2)3)8-13-9-14-12/h4-7,13H,1,8-9H2,2-3H3/b6-5-,12-7+. The number of allylic oxidation sites excluding steroid dienone is 5. The molecule has 0 aromatic rings. The second kappa shape index (κ2) is 5.45. The molecule has 1 rings (SSSR count). The molecule has 0 radical (unpaired) electrons. The lowest BCUT2D eigenvalue weighted by molar-refractivity contribution is 0.176. The summed E-state index contributed by atoms with van der Waals surface area (Å²) in [4.78, 5) is 0. The molecule has 1 saturated heterocycles. The first kappa shape index (κ1) is 10.8. The minimum Gasteiger partial charge on any atom is -0.478 e. The highest BCUT2D eigenvalue weighted by atomic mass is 16.5. The fourth-order valence-electron chi connectivity index (χ4n) is 1.27. The average molecular weight is 191 g/mol. The summed E-state index contributed by atoms with van der Waals surface area (Å²) >= 11 is 0. The molecule has 2 nitrogen and oxygen atoms in total. The zero-order valence-electron chi connectivity index (χ0n) is 8.84. The molecule has 0 amide bonds. The summed E-state index contributed by atoms with van der Waals surface area (Å²) in [6.07, 6.45) is 7.56. The maximum absolute atomic E-state index is 5.51. The lowest BCUT2D eigenvalue weighted by Gasteiger charge is -2.21. The van der Waals surface area contributed by atoms with Gasteiger partial charge in [-0.15, -0.1) is 0 Å². The van der Waals surface area contributed by atoms with Crippen molar-refractivity contribution in [3.05, 3.63) is 47.8 Å². The fourth-order valence-corrected chi connectivity index (χ4v) is 1.27. The topological polar surface area (TPSA) is 21.3 Å². The summed E-state index contributed by atoms with van der Waals surface area (Å²) in [5.74, 6) is 0.960. The van der Waals surface area contributed by atoms with Crippen molar-refractivity contribution in [2.75, 3.05) is 13.3 Å². The van der Waals surface area contributed by atoms with E-state index in [1.165, 1.54) is 11.1 Å². The normalized spacial score (nSPS) is 19.9. The van der Waals surface area contributed by atoms with Crippen LogP contribution in [0.25, 0.3) is 0 Å². The van der Waals surface area contributed by atoms with Crippen LogP contribution in [0.15, 0.2) is 47.8 Å². The van der Waals surface area contributed by atoms with Crippen molar-refractivity contribution in [2.24, 2.45) is 0 Å². The Morgan fingerprint density at radius 1 is 1.43 bits per heavy atom. The van der Waals surface area contributed by atoms with Crippen molar-refractivity contribution in [1.82, 2.24) is 5.32 Å².